The molecule has 61 heavy (non-hydrogen) atoms. The molecule has 0 atom stereocenters. The van der Waals surface area contributed by atoms with Crippen LogP contribution in [-0.2, 0) is 5.41 Å². The molecule has 2 heteroatoms. The predicted octanol–water partition coefficient (Wildman–Crippen LogP) is 16.4. The number of rotatable bonds is 7. The van der Waals surface area contributed by atoms with Crippen molar-refractivity contribution in [3.8, 4) is 33.4 Å². The van der Waals surface area contributed by atoms with Crippen molar-refractivity contribution in [1.29, 1.82) is 0 Å². The van der Waals surface area contributed by atoms with Gasteiger partial charge in [0.1, 0.15) is 0 Å². The molecule has 0 radical (unpaired) electrons. The molecule has 12 rings (SSSR count). The minimum absolute atomic E-state index is 0.510. The highest BCUT2D eigenvalue weighted by Gasteiger charge is 2.47. The molecule has 0 fully saturated rings. The molecule has 0 saturated heterocycles. The molecule has 1 aromatic heterocycles. The molecule has 286 valence electrons. The highest BCUT2D eigenvalue weighted by Crippen LogP contribution is 2.60. The molecule has 11 aromatic rings. The molecule has 1 aliphatic carbocycles. The van der Waals surface area contributed by atoms with E-state index in [-0.39, 0.29) is 0 Å². The zero-order valence-corrected chi connectivity index (χ0v) is 34.2. The third kappa shape index (κ3) is 5.53. The van der Waals surface area contributed by atoms with Crippen LogP contribution in [0.15, 0.2) is 237 Å². The Balaban J connectivity index is 1.13. The van der Waals surface area contributed by atoms with Gasteiger partial charge in [0, 0.05) is 26.7 Å². The van der Waals surface area contributed by atoms with Crippen LogP contribution in [0.2, 0.25) is 0 Å². The van der Waals surface area contributed by atoms with E-state index in [2.05, 4.69) is 241 Å². The summed E-state index contributed by atoms with van der Waals surface area (Å²) in [5.74, 6) is 0. The van der Waals surface area contributed by atoms with Gasteiger partial charge in [0.25, 0.3) is 0 Å². The topological polar surface area (TPSA) is 3.24 Å². The quantitative estimate of drug-likeness (QED) is 0.155. The van der Waals surface area contributed by atoms with E-state index in [1.165, 1.54) is 92.3 Å². The van der Waals surface area contributed by atoms with Crippen LogP contribution in [-0.4, -0.2) is 0 Å². The van der Waals surface area contributed by atoms with Crippen LogP contribution < -0.4 is 4.90 Å². The van der Waals surface area contributed by atoms with Gasteiger partial charge in [-0.05, 0) is 91.2 Å². The van der Waals surface area contributed by atoms with E-state index < -0.39 is 5.41 Å². The summed E-state index contributed by atoms with van der Waals surface area (Å²) >= 11 is 1.90. The summed E-state index contributed by atoms with van der Waals surface area (Å²) in [7, 11) is 0. The van der Waals surface area contributed by atoms with E-state index in [9.17, 15) is 0 Å². The molecule has 1 heterocycles. The van der Waals surface area contributed by atoms with Gasteiger partial charge in [0.05, 0.1) is 21.5 Å². The Hall–Kier alpha value is -7.52. The average molecular weight is 794 g/mol. The lowest BCUT2D eigenvalue weighted by molar-refractivity contribution is 0.768. The van der Waals surface area contributed by atoms with Gasteiger partial charge in [-0.2, -0.15) is 0 Å². The van der Waals surface area contributed by atoms with Crippen molar-refractivity contribution in [1.82, 2.24) is 0 Å². The van der Waals surface area contributed by atoms with Gasteiger partial charge in [-0.1, -0.05) is 206 Å². The number of hydrogen-bond donors (Lipinski definition) is 0. The molecule has 0 saturated carbocycles. The fourth-order valence-corrected chi connectivity index (χ4v) is 11.4. The standard InChI is InChI=1S/C59H39NS/c1-4-18-42(19-5-1)48-26-14-27-49-50-28-15-32-55(58(50)61-57(48)49)60(47-37-35-41(36-38-47)44-34-33-40-17-10-11-20-43(40)39-44)54-31-16-30-53-56(54)51-25-12-13-29-52(51)59(53,45-21-6-2-7-22-45)46-23-8-3-9-24-46/h1-39H. The van der Waals surface area contributed by atoms with Gasteiger partial charge in [-0.15, -0.1) is 11.3 Å². The van der Waals surface area contributed by atoms with E-state index in [0.29, 0.717) is 0 Å². The van der Waals surface area contributed by atoms with Gasteiger partial charge < -0.3 is 4.90 Å². The van der Waals surface area contributed by atoms with Crippen LogP contribution in [0.3, 0.4) is 0 Å². The fraction of sp³-hybridized carbons (Fsp3) is 0.0169. The Morgan fingerprint density at radius 2 is 0.902 bits per heavy atom. The van der Waals surface area contributed by atoms with E-state index in [4.69, 9.17) is 0 Å². The van der Waals surface area contributed by atoms with Gasteiger partial charge in [0.15, 0.2) is 0 Å². The summed E-state index contributed by atoms with van der Waals surface area (Å²) in [6, 6.07) is 87.2. The molecule has 1 aliphatic rings. The third-order valence-electron chi connectivity index (χ3n) is 12.7. The summed E-state index contributed by atoms with van der Waals surface area (Å²) in [5, 5.41) is 5.05. The van der Waals surface area contributed by atoms with E-state index >= 15 is 0 Å². The normalized spacial score (nSPS) is 12.7. The number of thiophene rings is 1. The zero-order chi connectivity index (χ0) is 40.3. The van der Waals surface area contributed by atoms with Crippen LogP contribution in [0.1, 0.15) is 22.3 Å². The summed E-state index contributed by atoms with van der Waals surface area (Å²) < 4.78 is 2.57. The van der Waals surface area contributed by atoms with Crippen molar-refractivity contribution in [3.05, 3.63) is 259 Å². The molecule has 0 N–H and O–H groups in total. The van der Waals surface area contributed by atoms with Crippen molar-refractivity contribution >= 4 is 59.3 Å². The summed E-state index contributed by atoms with van der Waals surface area (Å²) in [5.41, 5.74) is 15.5. The summed E-state index contributed by atoms with van der Waals surface area (Å²) in [6.07, 6.45) is 0. The van der Waals surface area contributed by atoms with E-state index in [1.54, 1.807) is 0 Å². The van der Waals surface area contributed by atoms with Crippen molar-refractivity contribution in [3.63, 3.8) is 0 Å². The van der Waals surface area contributed by atoms with Crippen molar-refractivity contribution in [2.75, 3.05) is 4.90 Å². The van der Waals surface area contributed by atoms with Crippen molar-refractivity contribution in [2.45, 2.75) is 5.41 Å². The molecule has 0 unspecified atom stereocenters. The van der Waals surface area contributed by atoms with E-state index in [0.717, 1.165) is 11.4 Å². The molecule has 0 bridgehead atoms. The number of anilines is 3. The van der Waals surface area contributed by atoms with Gasteiger partial charge in [-0.3, -0.25) is 0 Å². The largest absolute Gasteiger partial charge is 0.308 e. The highest BCUT2D eigenvalue weighted by molar-refractivity contribution is 7.27. The third-order valence-corrected chi connectivity index (χ3v) is 14.0. The van der Waals surface area contributed by atoms with Gasteiger partial charge in [0.2, 0.25) is 0 Å². The minimum Gasteiger partial charge on any atom is -0.308 e. The number of fused-ring (bicyclic) bond motifs is 7. The van der Waals surface area contributed by atoms with Crippen LogP contribution in [0.5, 0.6) is 0 Å². The van der Waals surface area contributed by atoms with E-state index in [1.807, 2.05) is 11.3 Å². The Labute approximate surface area is 360 Å². The molecule has 0 aliphatic heterocycles. The first-order chi connectivity index (χ1) is 30.3. The smallest absolute Gasteiger partial charge is 0.0714 e. The predicted molar refractivity (Wildman–Crippen MR) is 260 cm³/mol. The SMILES string of the molecule is c1ccc(-c2cccc3c2sc2c(N(c4ccc(-c5ccc6ccccc6c5)cc4)c4cccc5c4-c4ccccc4C5(c4ccccc4)c4ccccc4)cccc23)cc1. The Kier molecular flexibility index (Phi) is 8.33. The lowest BCUT2D eigenvalue weighted by Gasteiger charge is -2.34. The first kappa shape index (κ1) is 35.4. The molecule has 1 nitrogen and oxygen atoms in total. The Bertz CT molecular complexity index is 3360. The Morgan fingerprint density at radius 3 is 1.66 bits per heavy atom. The first-order valence-electron chi connectivity index (χ1n) is 21.0. The fourth-order valence-electron chi connectivity index (χ4n) is 10.1. The number of hydrogen-bond acceptors (Lipinski definition) is 2. The lowest BCUT2D eigenvalue weighted by atomic mass is 9.68. The van der Waals surface area contributed by atoms with Crippen LogP contribution in [0.25, 0.3) is 64.3 Å². The maximum Gasteiger partial charge on any atom is 0.0714 e. The van der Waals surface area contributed by atoms with Crippen LogP contribution in [0.4, 0.5) is 17.1 Å². The number of benzene rings is 10. The monoisotopic (exact) mass is 793 g/mol. The van der Waals surface area contributed by atoms with Gasteiger partial charge in [-0.25, -0.2) is 0 Å². The van der Waals surface area contributed by atoms with Crippen molar-refractivity contribution in [2.24, 2.45) is 0 Å². The summed E-state index contributed by atoms with van der Waals surface area (Å²) in [6.45, 7) is 0. The zero-order valence-electron chi connectivity index (χ0n) is 33.4. The molecular formula is C59H39NS. The molecule has 0 spiro atoms. The second-order valence-electron chi connectivity index (χ2n) is 16.0. The lowest BCUT2D eigenvalue weighted by Crippen LogP contribution is -2.28. The molecule has 0 amide bonds. The van der Waals surface area contributed by atoms with Crippen LogP contribution in [0, 0.1) is 0 Å². The molecular weight excluding hydrogens is 755 g/mol. The van der Waals surface area contributed by atoms with Crippen molar-refractivity contribution < 1.29 is 0 Å². The first-order valence-corrected chi connectivity index (χ1v) is 21.8. The highest BCUT2D eigenvalue weighted by atomic mass is 32.1. The summed E-state index contributed by atoms with van der Waals surface area (Å²) in [4.78, 5) is 2.53. The minimum atomic E-state index is -0.510. The maximum absolute atomic E-state index is 2.53. The van der Waals surface area contributed by atoms with Crippen LogP contribution >= 0.6 is 11.3 Å². The number of nitrogens with zero attached hydrogens (tertiary/aromatic N) is 1. The average Bonchev–Trinajstić information content (AvgIpc) is 3.88. The second kappa shape index (κ2) is 14.3. The maximum atomic E-state index is 2.53. The van der Waals surface area contributed by atoms with Gasteiger partial charge >= 0.3 is 0 Å². The Morgan fingerprint density at radius 1 is 0.344 bits per heavy atom. The second-order valence-corrected chi connectivity index (χ2v) is 17.0. The molecule has 10 aromatic carbocycles.